The third-order valence-corrected chi connectivity index (χ3v) is 4.70. The number of carbonyl (C=O) groups excluding carboxylic acids is 1. The normalized spacial score (nSPS) is 27.1. The molecule has 3 heterocycles. The molecule has 1 spiro atoms. The van der Waals surface area contributed by atoms with E-state index in [1.165, 1.54) is 16.4 Å². The number of carbonyl (C=O) groups is 1. The lowest BCUT2D eigenvalue weighted by Crippen LogP contribution is -2.50. The van der Waals surface area contributed by atoms with Gasteiger partial charge in [-0.15, -0.1) is 5.10 Å². The highest BCUT2D eigenvalue weighted by molar-refractivity contribution is 7.05. The van der Waals surface area contributed by atoms with Crippen LogP contribution in [-0.4, -0.2) is 45.8 Å². The molecule has 7 heteroatoms. The van der Waals surface area contributed by atoms with Crippen molar-refractivity contribution < 1.29 is 9.53 Å². The molecule has 1 aromatic heterocycles. The zero-order valence-electron chi connectivity index (χ0n) is 11.9. The minimum atomic E-state index is -0.328. The van der Waals surface area contributed by atoms with Crippen LogP contribution in [0, 0.1) is 0 Å². The maximum atomic E-state index is 11.3. The standard InChI is InChI=1S/C13H20N4O2S/c1-9(2)11-10(20-16-15-11)6-17-5-3-4-13(8-17)7-14-12(18)19-13/h9H,3-8H2,1-2H3,(H,14,18)/t13-/m0/s1. The van der Waals surface area contributed by atoms with E-state index < -0.39 is 0 Å². The second-order valence-corrected chi connectivity index (χ2v) is 6.82. The number of piperidine rings is 1. The summed E-state index contributed by atoms with van der Waals surface area (Å²) in [4.78, 5) is 14.9. The van der Waals surface area contributed by atoms with E-state index in [0.29, 0.717) is 12.5 Å². The van der Waals surface area contributed by atoms with Gasteiger partial charge in [0, 0.05) is 13.1 Å². The van der Waals surface area contributed by atoms with E-state index >= 15 is 0 Å². The van der Waals surface area contributed by atoms with Gasteiger partial charge in [0.1, 0.15) is 5.60 Å². The fourth-order valence-electron chi connectivity index (χ4n) is 3.02. The Balaban J connectivity index is 1.68. The molecule has 0 radical (unpaired) electrons. The first-order chi connectivity index (χ1) is 9.58. The quantitative estimate of drug-likeness (QED) is 0.920. The summed E-state index contributed by atoms with van der Waals surface area (Å²) in [6.07, 6.45) is 1.72. The predicted octanol–water partition coefficient (Wildman–Crippen LogP) is 1.74. The molecule has 0 bridgehead atoms. The van der Waals surface area contributed by atoms with Crippen LogP contribution in [0.1, 0.15) is 43.2 Å². The Kier molecular flexibility index (Phi) is 3.64. The van der Waals surface area contributed by atoms with Gasteiger partial charge in [0.25, 0.3) is 0 Å². The van der Waals surface area contributed by atoms with Crippen LogP contribution in [0.15, 0.2) is 0 Å². The Hall–Kier alpha value is -1.21. The predicted molar refractivity (Wildman–Crippen MR) is 75.7 cm³/mol. The number of rotatable bonds is 3. The lowest BCUT2D eigenvalue weighted by molar-refractivity contribution is -0.0109. The Morgan fingerprint density at radius 3 is 3.10 bits per heavy atom. The molecule has 2 fully saturated rings. The Morgan fingerprint density at radius 1 is 1.55 bits per heavy atom. The summed E-state index contributed by atoms with van der Waals surface area (Å²) in [5, 5.41) is 7.01. The summed E-state index contributed by atoms with van der Waals surface area (Å²) in [6, 6.07) is 0. The minimum Gasteiger partial charge on any atom is -0.440 e. The van der Waals surface area contributed by atoms with Crippen LogP contribution < -0.4 is 5.32 Å². The molecule has 0 unspecified atom stereocenters. The lowest BCUT2D eigenvalue weighted by Gasteiger charge is -2.38. The number of likely N-dealkylation sites (tertiary alicyclic amines) is 1. The summed E-state index contributed by atoms with van der Waals surface area (Å²) in [7, 11) is 0. The van der Waals surface area contributed by atoms with Crippen molar-refractivity contribution in [3.8, 4) is 0 Å². The SMILES string of the molecule is CC(C)c1nnsc1CN1CCC[C@]2(CNC(=O)O2)C1. The van der Waals surface area contributed by atoms with Crippen LogP contribution in [0.25, 0.3) is 0 Å². The molecule has 1 atom stereocenters. The van der Waals surface area contributed by atoms with Gasteiger partial charge in [0.15, 0.2) is 0 Å². The highest BCUT2D eigenvalue weighted by atomic mass is 32.1. The van der Waals surface area contributed by atoms with Gasteiger partial charge in [-0.05, 0) is 36.8 Å². The summed E-state index contributed by atoms with van der Waals surface area (Å²) < 4.78 is 9.57. The minimum absolute atomic E-state index is 0.283. The average molecular weight is 296 g/mol. The van der Waals surface area contributed by atoms with E-state index in [1.54, 1.807) is 0 Å². The molecule has 2 saturated heterocycles. The van der Waals surface area contributed by atoms with Gasteiger partial charge in [0.2, 0.25) is 0 Å². The highest BCUT2D eigenvalue weighted by Gasteiger charge is 2.43. The van der Waals surface area contributed by atoms with Gasteiger partial charge < -0.3 is 10.1 Å². The van der Waals surface area contributed by atoms with Crippen molar-refractivity contribution in [3.05, 3.63) is 10.6 Å². The monoisotopic (exact) mass is 296 g/mol. The molecular weight excluding hydrogens is 276 g/mol. The van der Waals surface area contributed by atoms with E-state index in [4.69, 9.17) is 4.74 Å². The van der Waals surface area contributed by atoms with Crippen molar-refractivity contribution in [3.63, 3.8) is 0 Å². The smallest absolute Gasteiger partial charge is 0.407 e. The Morgan fingerprint density at radius 2 is 2.40 bits per heavy atom. The van der Waals surface area contributed by atoms with E-state index in [2.05, 4.69) is 33.7 Å². The summed E-state index contributed by atoms with van der Waals surface area (Å²) in [5.74, 6) is 0.397. The van der Waals surface area contributed by atoms with Crippen LogP contribution in [0.5, 0.6) is 0 Å². The van der Waals surface area contributed by atoms with Crippen LogP contribution in [0.4, 0.5) is 4.79 Å². The van der Waals surface area contributed by atoms with Crippen LogP contribution in [0.2, 0.25) is 0 Å². The molecule has 1 amide bonds. The first-order valence-corrected chi connectivity index (χ1v) is 7.86. The van der Waals surface area contributed by atoms with Crippen LogP contribution in [0.3, 0.4) is 0 Å². The number of aromatic nitrogens is 2. The van der Waals surface area contributed by atoms with Gasteiger partial charge in [-0.25, -0.2) is 4.79 Å². The summed E-state index contributed by atoms with van der Waals surface area (Å²) in [5.41, 5.74) is 0.766. The lowest BCUT2D eigenvalue weighted by atomic mass is 9.93. The van der Waals surface area contributed by atoms with Crippen LogP contribution in [-0.2, 0) is 11.3 Å². The second-order valence-electron chi connectivity index (χ2n) is 5.98. The van der Waals surface area contributed by atoms with Gasteiger partial charge in [0.05, 0.1) is 17.1 Å². The van der Waals surface area contributed by atoms with Gasteiger partial charge in [-0.3, -0.25) is 4.90 Å². The molecular formula is C13H20N4O2S. The number of nitrogens with one attached hydrogen (secondary N) is 1. The molecule has 3 rings (SSSR count). The number of hydrogen-bond acceptors (Lipinski definition) is 6. The maximum absolute atomic E-state index is 11.3. The first kappa shape index (κ1) is 13.8. The highest BCUT2D eigenvalue weighted by Crippen LogP contribution is 2.30. The second kappa shape index (κ2) is 5.29. The van der Waals surface area contributed by atoms with Crippen molar-refractivity contribution in [1.82, 2.24) is 19.8 Å². The number of nitrogens with zero attached hydrogens (tertiary/aromatic N) is 3. The van der Waals surface area contributed by atoms with E-state index in [0.717, 1.165) is 38.2 Å². The molecule has 2 aliphatic rings. The molecule has 6 nitrogen and oxygen atoms in total. The molecule has 0 aromatic carbocycles. The Bertz CT molecular complexity index is 504. The number of hydrogen-bond donors (Lipinski definition) is 1. The molecule has 110 valence electrons. The molecule has 0 aliphatic carbocycles. The third-order valence-electron chi connectivity index (χ3n) is 3.98. The van der Waals surface area contributed by atoms with E-state index in [9.17, 15) is 4.79 Å². The van der Waals surface area contributed by atoms with Crippen molar-refractivity contribution in [1.29, 1.82) is 0 Å². The first-order valence-electron chi connectivity index (χ1n) is 7.08. The number of alkyl carbamates (subject to hydrolysis) is 1. The molecule has 1 aromatic rings. The fraction of sp³-hybridized carbons (Fsp3) is 0.769. The largest absolute Gasteiger partial charge is 0.440 e. The van der Waals surface area contributed by atoms with Crippen molar-refractivity contribution in [2.24, 2.45) is 0 Å². The summed E-state index contributed by atoms with van der Waals surface area (Å²) in [6.45, 7) is 7.59. The molecule has 20 heavy (non-hydrogen) atoms. The summed E-state index contributed by atoms with van der Waals surface area (Å²) >= 11 is 1.48. The van der Waals surface area contributed by atoms with Crippen molar-refractivity contribution >= 4 is 17.6 Å². The fourth-order valence-corrected chi connectivity index (χ4v) is 3.86. The molecule has 0 saturated carbocycles. The number of amides is 1. The van der Waals surface area contributed by atoms with Gasteiger partial charge >= 0.3 is 6.09 Å². The molecule has 1 N–H and O–H groups in total. The number of ether oxygens (including phenoxy) is 1. The average Bonchev–Trinajstić information content (AvgIpc) is 2.97. The van der Waals surface area contributed by atoms with Gasteiger partial charge in [-0.2, -0.15) is 0 Å². The van der Waals surface area contributed by atoms with Crippen molar-refractivity contribution in [2.45, 2.75) is 44.8 Å². The maximum Gasteiger partial charge on any atom is 0.407 e. The van der Waals surface area contributed by atoms with E-state index in [-0.39, 0.29) is 11.7 Å². The van der Waals surface area contributed by atoms with E-state index in [1.807, 2.05) is 0 Å². The van der Waals surface area contributed by atoms with Gasteiger partial charge in [-0.1, -0.05) is 18.3 Å². The Labute approximate surface area is 122 Å². The van der Waals surface area contributed by atoms with Crippen molar-refractivity contribution in [2.75, 3.05) is 19.6 Å². The zero-order chi connectivity index (χ0) is 14.2. The zero-order valence-corrected chi connectivity index (χ0v) is 12.7. The third kappa shape index (κ3) is 2.64. The van der Waals surface area contributed by atoms with Crippen LogP contribution >= 0.6 is 11.5 Å². The topological polar surface area (TPSA) is 67.4 Å². The molecule has 2 aliphatic heterocycles.